The molecule has 3 nitrogen and oxygen atoms in total. The van der Waals surface area contributed by atoms with Crippen LogP contribution in [-0.4, -0.2) is 22.9 Å². The molecule has 9 heavy (non-hydrogen) atoms. The second-order valence-corrected chi connectivity index (χ2v) is 1.89. The first-order chi connectivity index (χ1) is 4.31. The van der Waals surface area contributed by atoms with E-state index in [0.29, 0.717) is 19.3 Å². The highest BCUT2D eigenvalue weighted by Crippen LogP contribution is 1.97. The smallest absolute Gasteiger partial charge is 0.0771 e. The first-order valence-electron chi connectivity index (χ1n) is 2.97. The molecule has 0 unspecified atom stereocenters. The minimum atomic E-state index is -0.640. The van der Waals surface area contributed by atoms with Crippen molar-refractivity contribution in [3.05, 3.63) is 0 Å². The Morgan fingerprint density at radius 3 is 2.67 bits per heavy atom. The second-order valence-electron chi connectivity index (χ2n) is 1.89. The normalized spacial score (nSPS) is 12.6. The lowest BCUT2D eigenvalue weighted by atomic mass is 10.2. The summed E-state index contributed by atoms with van der Waals surface area (Å²) in [5.41, 5.74) is 0. The van der Waals surface area contributed by atoms with Gasteiger partial charge in [0.25, 0.3) is 0 Å². The van der Waals surface area contributed by atoms with Crippen LogP contribution in [0.2, 0.25) is 0 Å². The van der Waals surface area contributed by atoms with Crippen LogP contribution in [0.3, 0.4) is 0 Å². The molecule has 3 heteroatoms. The van der Waals surface area contributed by atoms with Gasteiger partial charge in [-0.15, -0.1) is 0 Å². The summed E-state index contributed by atoms with van der Waals surface area (Å²) in [5, 5.41) is 25.1. The fourth-order valence-electron chi connectivity index (χ4n) is 0.508. The van der Waals surface area contributed by atoms with E-state index in [1.54, 1.807) is 0 Å². The van der Waals surface area contributed by atoms with Gasteiger partial charge in [0.15, 0.2) is 0 Å². The molecule has 52 valence electrons. The predicted octanol–water partition coefficient (Wildman–Crippen LogP) is 0.0335. The third kappa shape index (κ3) is 5.28. The van der Waals surface area contributed by atoms with Gasteiger partial charge >= 0.3 is 0 Å². The summed E-state index contributed by atoms with van der Waals surface area (Å²) in [6.45, 7) is -0.203. The Bertz CT molecular complexity index is 97.7. The van der Waals surface area contributed by atoms with Crippen molar-refractivity contribution in [3.63, 3.8) is 0 Å². The van der Waals surface area contributed by atoms with Gasteiger partial charge in [0.1, 0.15) is 0 Å². The largest absolute Gasteiger partial charge is 0.394 e. The van der Waals surface area contributed by atoms with E-state index >= 15 is 0 Å². The lowest BCUT2D eigenvalue weighted by Crippen LogP contribution is -2.10. The molecule has 0 bridgehead atoms. The van der Waals surface area contributed by atoms with Crippen molar-refractivity contribution in [1.29, 1.82) is 5.26 Å². The van der Waals surface area contributed by atoms with Gasteiger partial charge in [-0.1, -0.05) is 0 Å². The van der Waals surface area contributed by atoms with Gasteiger partial charge in [0.05, 0.1) is 18.8 Å². The molecule has 2 N–H and O–H groups in total. The summed E-state index contributed by atoms with van der Waals surface area (Å²) >= 11 is 0. The Morgan fingerprint density at radius 1 is 1.56 bits per heavy atom. The molecule has 0 aromatic carbocycles. The Balaban J connectivity index is 2.99. The average Bonchev–Trinajstić information content (AvgIpc) is 1.89. The highest BCUT2D eigenvalue weighted by molar-refractivity contribution is 4.69. The summed E-state index contributed by atoms with van der Waals surface area (Å²) in [4.78, 5) is 0. The zero-order valence-electron chi connectivity index (χ0n) is 5.25. The molecule has 0 saturated carbocycles. The SMILES string of the molecule is N#CCCC[C@@H](O)CO. The summed E-state index contributed by atoms with van der Waals surface area (Å²) in [6.07, 6.45) is 0.998. The van der Waals surface area contributed by atoms with Crippen LogP contribution in [-0.2, 0) is 0 Å². The van der Waals surface area contributed by atoms with Crippen LogP contribution in [0.15, 0.2) is 0 Å². The zero-order chi connectivity index (χ0) is 7.11. The van der Waals surface area contributed by atoms with E-state index in [9.17, 15) is 0 Å². The minimum absolute atomic E-state index is 0.203. The summed E-state index contributed by atoms with van der Waals surface area (Å²) in [7, 11) is 0. The Labute approximate surface area is 54.5 Å². The van der Waals surface area contributed by atoms with Crippen LogP contribution in [0.5, 0.6) is 0 Å². The molecule has 0 saturated heterocycles. The number of aliphatic hydroxyl groups excluding tert-OH is 2. The first-order valence-corrected chi connectivity index (χ1v) is 2.97. The maximum Gasteiger partial charge on any atom is 0.0771 e. The molecule has 1 atom stereocenters. The van der Waals surface area contributed by atoms with Crippen molar-refractivity contribution in [2.24, 2.45) is 0 Å². The molecule has 0 heterocycles. The summed E-state index contributed by atoms with van der Waals surface area (Å²) < 4.78 is 0. The van der Waals surface area contributed by atoms with E-state index in [0.717, 1.165) is 0 Å². The van der Waals surface area contributed by atoms with Gasteiger partial charge in [-0.25, -0.2) is 0 Å². The Hall–Kier alpha value is -0.590. The van der Waals surface area contributed by atoms with Crippen molar-refractivity contribution in [2.75, 3.05) is 6.61 Å². The maximum absolute atomic E-state index is 8.73. The fourth-order valence-corrected chi connectivity index (χ4v) is 0.508. The molecular formula is C6H11NO2. The summed E-state index contributed by atoms with van der Waals surface area (Å²) in [6, 6.07) is 1.95. The second kappa shape index (κ2) is 5.54. The van der Waals surface area contributed by atoms with Crippen LogP contribution < -0.4 is 0 Å². The molecule has 0 aromatic heterocycles. The Morgan fingerprint density at radius 2 is 2.22 bits per heavy atom. The lowest BCUT2D eigenvalue weighted by Gasteiger charge is -2.02. The lowest BCUT2D eigenvalue weighted by molar-refractivity contribution is 0.0869. The van der Waals surface area contributed by atoms with E-state index in [1.807, 2.05) is 6.07 Å². The van der Waals surface area contributed by atoms with Crippen molar-refractivity contribution in [1.82, 2.24) is 0 Å². The highest BCUT2D eigenvalue weighted by atomic mass is 16.3. The van der Waals surface area contributed by atoms with Crippen molar-refractivity contribution < 1.29 is 10.2 Å². The Kier molecular flexibility index (Phi) is 5.18. The molecule has 0 amide bonds. The molecule has 0 fully saturated rings. The molecule has 0 aliphatic rings. The monoisotopic (exact) mass is 129 g/mol. The fraction of sp³-hybridized carbons (Fsp3) is 0.833. The third-order valence-electron chi connectivity index (χ3n) is 1.04. The third-order valence-corrected chi connectivity index (χ3v) is 1.04. The van der Waals surface area contributed by atoms with Gasteiger partial charge < -0.3 is 10.2 Å². The highest BCUT2D eigenvalue weighted by Gasteiger charge is 1.99. The topological polar surface area (TPSA) is 64.2 Å². The first kappa shape index (κ1) is 8.41. The molecule has 0 aromatic rings. The number of hydrogen-bond donors (Lipinski definition) is 2. The molecule has 0 rings (SSSR count). The van der Waals surface area contributed by atoms with E-state index < -0.39 is 6.10 Å². The van der Waals surface area contributed by atoms with Crippen LogP contribution >= 0.6 is 0 Å². The number of aliphatic hydroxyl groups is 2. The van der Waals surface area contributed by atoms with Gasteiger partial charge in [-0.2, -0.15) is 5.26 Å². The van der Waals surface area contributed by atoms with Crippen molar-refractivity contribution in [3.8, 4) is 6.07 Å². The number of hydrogen-bond acceptors (Lipinski definition) is 3. The van der Waals surface area contributed by atoms with Gasteiger partial charge in [0.2, 0.25) is 0 Å². The molecule has 0 spiro atoms. The molecule has 0 aliphatic carbocycles. The predicted molar refractivity (Wildman–Crippen MR) is 32.6 cm³/mol. The standard InChI is InChI=1S/C6H11NO2/c7-4-2-1-3-6(9)5-8/h6,8-9H,1-3,5H2/t6-/m1/s1. The number of nitriles is 1. The maximum atomic E-state index is 8.73. The van der Waals surface area contributed by atoms with Crippen LogP contribution in [0.4, 0.5) is 0 Å². The van der Waals surface area contributed by atoms with Gasteiger partial charge in [-0.3, -0.25) is 0 Å². The van der Waals surface area contributed by atoms with Gasteiger partial charge in [0, 0.05) is 6.42 Å². The van der Waals surface area contributed by atoms with Crippen LogP contribution in [0, 0.1) is 11.3 Å². The minimum Gasteiger partial charge on any atom is -0.394 e. The molecule has 0 aliphatic heterocycles. The number of unbranched alkanes of at least 4 members (excludes halogenated alkanes) is 1. The van der Waals surface area contributed by atoms with E-state index in [2.05, 4.69) is 0 Å². The molecular weight excluding hydrogens is 118 g/mol. The van der Waals surface area contributed by atoms with Crippen LogP contribution in [0.25, 0.3) is 0 Å². The van der Waals surface area contributed by atoms with E-state index in [-0.39, 0.29) is 6.61 Å². The van der Waals surface area contributed by atoms with Crippen molar-refractivity contribution >= 4 is 0 Å². The molecule has 0 radical (unpaired) electrons. The van der Waals surface area contributed by atoms with Gasteiger partial charge in [-0.05, 0) is 12.8 Å². The number of rotatable bonds is 4. The van der Waals surface area contributed by atoms with E-state index in [1.165, 1.54) is 0 Å². The summed E-state index contributed by atoms with van der Waals surface area (Å²) in [5.74, 6) is 0. The quantitative estimate of drug-likeness (QED) is 0.526. The number of nitrogens with zero attached hydrogens (tertiary/aromatic N) is 1. The van der Waals surface area contributed by atoms with Crippen molar-refractivity contribution in [2.45, 2.75) is 25.4 Å². The zero-order valence-corrected chi connectivity index (χ0v) is 5.25. The van der Waals surface area contributed by atoms with Crippen LogP contribution in [0.1, 0.15) is 19.3 Å². The van der Waals surface area contributed by atoms with E-state index in [4.69, 9.17) is 15.5 Å². The average molecular weight is 129 g/mol.